The zero-order chi connectivity index (χ0) is 13.0. The molecule has 1 aliphatic carbocycles. The van der Waals surface area contributed by atoms with Crippen LogP contribution in [0.25, 0.3) is 6.08 Å². The molecule has 1 saturated carbocycles. The molecular formula is C16H20O2. The minimum atomic E-state index is -0.0617. The molecule has 0 amide bonds. The summed E-state index contributed by atoms with van der Waals surface area (Å²) in [6.45, 7) is 4.40. The van der Waals surface area contributed by atoms with Gasteiger partial charge in [-0.25, -0.2) is 0 Å². The normalized spacial score (nSPS) is 21.2. The van der Waals surface area contributed by atoms with Crippen LogP contribution in [-0.2, 0) is 9.53 Å². The van der Waals surface area contributed by atoms with Crippen molar-refractivity contribution in [1.82, 2.24) is 0 Å². The topological polar surface area (TPSA) is 26.3 Å². The molecule has 0 unspecified atom stereocenters. The number of ether oxygens (including phenoxy) is 1. The van der Waals surface area contributed by atoms with E-state index in [0.717, 1.165) is 19.3 Å². The zero-order valence-corrected chi connectivity index (χ0v) is 11.1. The van der Waals surface area contributed by atoms with Crippen molar-refractivity contribution in [3.8, 4) is 0 Å². The molecule has 0 saturated heterocycles. The Hall–Kier alpha value is -1.57. The first-order chi connectivity index (χ1) is 8.70. The predicted octanol–water partition coefficient (Wildman–Crippen LogP) is 3.74. The highest BCUT2D eigenvalue weighted by Crippen LogP contribution is 2.33. The number of rotatable bonds is 3. The van der Waals surface area contributed by atoms with Gasteiger partial charge in [0, 0.05) is 0 Å². The van der Waals surface area contributed by atoms with Gasteiger partial charge in [-0.05, 0) is 38.7 Å². The van der Waals surface area contributed by atoms with E-state index >= 15 is 0 Å². The average molecular weight is 244 g/mol. The van der Waals surface area contributed by atoms with Crippen molar-refractivity contribution in [3.05, 3.63) is 41.0 Å². The van der Waals surface area contributed by atoms with Gasteiger partial charge in [-0.1, -0.05) is 41.5 Å². The summed E-state index contributed by atoms with van der Waals surface area (Å²) in [6, 6.07) is 8.40. The van der Waals surface area contributed by atoms with E-state index in [9.17, 15) is 4.79 Å². The van der Waals surface area contributed by atoms with Gasteiger partial charge in [0.2, 0.25) is 0 Å². The van der Waals surface area contributed by atoms with Crippen molar-refractivity contribution >= 4 is 12.0 Å². The van der Waals surface area contributed by atoms with E-state index in [1.165, 1.54) is 16.7 Å². The Labute approximate surface area is 109 Å². The monoisotopic (exact) mass is 244 g/mol. The molecule has 0 N–H and O–H groups in total. The van der Waals surface area contributed by atoms with Crippen LogP contribution in [0, 0.1) is 12.8 Å². The first-order valence-electron chi connectivity index (χ1n) is 6.64. The summed E-state index contributed by atoms with van der Waals surface area (Å²) >= 11 is 0. The lowest BCUT2D eigenvalue weighted by atomic mass is 10.00. The molecule has 96 valence electrons. The summed E-state index contributed by atoms with van der Waals surface area (Å²) in [6.07, 6.45) is 5.17. The van der Waals surface area contributed by atoms with Gasteiger partial charge in [-0.3, -0.25) is 4.79 Å². The molecule has 18 heavy (non-hydrogen) atoms. The Bertz CT molecular complexity index is 443. The number of carbonyl (C=O) groups is 1. The summed E-state index contributed by atoms with van der Waals surface area (Å²) in [7, 11) is 0. The van der Waals surface area contributed by atoms with Crippen LogP contribution < -0.4 is 0 Å². The predicted molar refractivity (Wildman–Crippen MR) is 73.1 cm³/mol. The Balaban J connectivity index is 2.15. The average Bonchev–Trinajstić information content (AvgIpc) is 2.81. The fourth-order valence-electron chi connectivity index (χ4n) is 2.43. The van der Waals surface area contributed by atoms with Crippen molar-refractivity contribution in [3.63, 3.8) is 0 Å². The second-order valence-corrected chi connectivity index (χ2v) is 4.83. The molecule has 0 aromatic heterocycles. The summed E-state index contributed by atoms with van der Waals surface area (Å²) in [5.41, 5.74) is 3.65. The maximum atomic E-state index is 11.8. The Morgan fingerprint density at radius 3 is 2.78 bits per heavy atom. The maximum Gasteiger partial charge on any atom is 0.313 e. The Morgan fingerprint density at radius 2 is 2.11 bits per heavy atom. The Kier molecular flexibility index (Phi) is 4.19. The minimum absolute atomic E-state index is 0.0220. The quantitative estimate of drug-likeness (QED) is 0.757. The second-order valence-electron chi connectivity index (χ2n) is 4.83. The van der Waals surface area contributed by atoms with E-state index in [4.69, 9.17) is 4.74 Å². The summed E-state index contributed by atoms with van der Waals surface area (Å²) in [5, 5.41) is 0. The number of carbonyl (C=O) groups excluding carboxylic acids is 1. The van der Waals surface area contributed by atoms with Crippen molar-refractivity contribution in [2.75, 3.05) is 6.61 Å². The molecule has 0 radical (unpaired) electrons. The highest BCUT2D eigenvalue weighted by molar-refractivity contribution is 5.78. The number of aryl methyl sites for hydroxylation is 1. The van der Waals surface area contributed by atoms with Crippen LogP contribution in [0.1, 0.15) is 37.3 Å². The molecule has 1 fully saturated rings. The molecule has 1 aromatic carbocycles. The molecular weight excluding hydrogens is 224 g/mol. The number of hydrogen-bond donors (Lipinski definition) is 0. The van der Waals surface area contributed by atoms with Crippen LogP contribution >= 0.6 is 0 Å². The lowest BCUT2D eigenvalue weighted by molar-refractivity contribution is -0.146. The van der Waals surface area contributed by atoms with Gasteiger partial charge in [0.05, 0.1) is 12.5 Å². The third kappa shape index (κ3) is 3.00. The van der Waals surface area contributed by atoms with E-state index in [-0.39, 0.29) is 11.9 Å². The lowest BCUT2D eigenvalue weighted by Gasteiger charge is -2.10. The summed E-state index contributed by atoms with van der Waals surface area (Å²) in [5.74, 6) is -0.0837. The molecule has 0 spiro atoms. The van der Waals surface area contributed by atoms with Gasteiger partial charge < -0.3 is 4.74 Å². The molecule has 0 bridgehead atoms. The molecule has 2 nitrogen and oxygen atoms in total. The van der Waals surface area contributed by atoms with Crippen molar-refractivity contribution in [2.45, 2.75) is 33.1 Å². The number of benzene rings is 1. The van der Waals surface area contributed by atoms with E-state index in [2.05, 4.69) is 37.3 Å². The van der Waals surface area contributed by atoms with Crippen LogP contribution in [0.4, 0.5) is 0 Å². The molecule has 0 heterocycles. The summed E-state index contributed by atoms with van der Waals surface area (Å²) in [4.78, 5) is 11.8. The first-order valence-corrected chi connectivity index (χ1v) is 6.64. The van der Waals surface area contributed by atoms with E-state index < -0.39 is 0 Å². The molecule has 1 aliphatic rings. The Morgan fingerprint density at radius 1 is 1.39 bits per heavy atom. The molecule has 1 aromatic rings. The SMILES string of the molecule is CCOC(=O)[C@@H]1CCCC1=Cc1ccc(C)cc1. The van der Waals surface area contributed by atoms with Crippen molar-refractivity contribution in [1.29, 1.82) is 0 Å². The van der Waals surface area contributed by atoms with Crippen LogP contribution in [-0.4, -0.2) is 12.6 Å². The second kappa shape index (κ2) is 5.85. The highest BCUT2D eigenvalue weighted by atomic mass is 16.5. The van der Waals surface area contributed by atoms with Gasteiger partial charge in [-0.15, -0.1) is 0 Å². The first kappa shape index (κ1) is 12.9. The van der Waals surface area contributed by atoms with Gasteiger partial charge >= 0.3 is 5.97 Å². The molecule has 0 aliphatic heterocycles. The minimum Gasteiger partial charge on any atom is -0.466 e. The van der Waals surface area contributed by atoms with E-state index in [0.29, 0.717) is 6.61 Å². The van der Waals surface area contributed by atoms with Crippen molar-refractivity contribution in [2.24, 2.45) is 5.92 Å². The van der Waals surface area contributed by atoms with E-state index in [1.807, 2.05) is 6.92 Å². The van der Waals surface area contributed by atoms with Crippen LogP contribution in [0.2, 0.25) is 0 Å². The third-order valence-electron chi connectivity index (χ3n) is 3.41. The smallest absolute Gasteiger partial charge is 0.313 e. The van der Waals surface area contributed by atoms with Gasteiger partial charge in [0.1, 0.15) is 0 Å². The fraction of sp³-hybridized carbons (Fsp3) is 0.438. The molecule has 1 atom stereocenters. The fourth-order valence-corrected chi connectivity index (χ4v) is 2.43. The largest absolute Gasteiger partial charge is 0.466 e. The highest BCUT2D eigenvalue weighted by Gasteiger charge is 2.28. The molecule has 2 rings (SSSR count). The van der Waals surface area contributed by atoms with Crippen molar-refractivity contribution < 1.29 is 9.53 Å². The zero-order valence-electron chi connectivity index (χ0n) is 11.1. The van der Waals surface area contributed by atoms with Gasteiger partial charge in [0.25, 0.3) is 0 Å². The van der Waals surface area contributed by atoms with Crippen LogP contribution in [0.15, 0.2) is 29.8 Å². The van der Waals surface area contributed by atoms with E-state index in [1.54, 1.807) is 0 Å². The standard InChI is InChI=1S/C16H20O2/c1-3-18-16(17)15-6-4-5-14(15)11-13-9-7-12(2)8-10-13/h7-11,15H,3-6H2,1-2H3/t15-/m1/s1. The van der Waals surface area contributed by atoms with Crippen LogP contribution in [0.3, 0.4) is 0 Å². The maximum absolute atomic E-state index is 11.8. The molecule has 2 heteroatoms. The third-order valence-corrected chi connectivity index (χ3v) is 3.41. The number of hydrogen-bond acceptors (Lipinski definition) is 2. The van der Waals surface area contributed by atoms with Gasteiger partial charge in [0.15, 0.2) is 0 Å². The van der Waals surface area contributed by atoms with Crippen LogP contribution in [0.5, 0.6) is 0 Å². The lowest BCUT2D eigenvalue weighted by Crippen LogP contribution is -2.16. The summed E-state index contributed by atoms with van der Waals surface area (Å²) < 4.78 is 5.13. The number of esters is 1. The van der Waals surface area contributed by atoms with Gasteiger partial charge in [-0.2, -0.15) is 0 Å².